The summed E-state index contributed by atoms with van der Waals surface area (Å²) in [6, 6.07) is 5.82. The normalized spacial score (nSPS) is 16.6. The zero-order valence-electron chi connectivity index (χ0n) is 18.0. The molecule has 1 aliphatic heterocycles. The number of hydrogen-bond acceptors (Lipinski definition) is 5. The van der Waals surface area contributed by atoms with Crippen LogP contribution in [0.2, 0.25) is 0 Å². The molecule has 2 aromatic rings. The summed E-state index contributed by atoms with van der Waals surface area (Å²) in [5.74, 6) is -0.0359. The van der Waals surface area contributed by atoms with Crippen molar-refractivity contribution in [2.45, 2.75) is 45.2 Å². The highest BCUT2D eigenvalue weighted by atomic mass is 19.1. The molecule has 8 heteroatoms. The van der Waals surface area contributed by atoms with Gasteiger partial charge in [0.1, 0.15) is 11.6 Å². The van der Waals surface area contributed by atoms with Gasteiger partial charge < -0.3 is 14.5 Å². The predicted molar refractivity (Wildman–Crippen MR) is 114 cm³/mol. The molecule has 1 saturated heterocycles. The Hall–Kier alpha value is -2.90. The Morgan fingerprint density at radius 2 is 2.13 bits per heavy atom. The Morgan fingerprint density at radius 3 is 2.80 bits per heavy atom. The van der Waals surface area contributed by atoms with Gasteiger partial charge in [-0.05, 0) is 44.9 Å². The fourth-order valence-electron chi connectivity index (χ4n) is 3.71. The third kappa shape index (κ3) is 4.80. The largest absolute Gasteiger partial charge is 0.496 e. The van der Waals surface area contributed by atoms with Gasteiger partial charge >= 0.3 is 0 Å². The third-order valence-electron chi connectivity index (χ3n) is 5.67. The van der Waals surface area contributed by atoms with E-state index in [0.717, 1.165) is 18.5 Å². The fourth-order valence-corrected chi connectivity index (χ4v) is 3.71. The molecule has 1 amide bonds. The number of piperidine rings is 1. The van der Waals surface area contributed by atoms with Crippen molar-refractivity contribution >= 4 is 11.6 Å². The first-order chi connectivity index (χ1) is 14.3. The van der Waals surface area contributed by atoms with E-state index in [-0.39, 0.29) is 30.0 Å². The molecule has 3 rings (SSSR count). The molecule has 0 saturated carbocycles. The van der Waals surface area contributed by atoms with E-state index in [9.17, 15) is 14.0 Å². The van der Waals surface area contributed by atoms with E-state index in [2.05, 4.69) is 5.10 Å². The first kappa shape index (κ1) is 21.8. The number of rotatable bonds is 6. The second-order valence-corrected chi connectivity index (χ2v) is 7.97. The van der Waals surface area contributed by atoms with Crippen LogP contribution in [0.25, 0.3) is 0 Å². The molecule has 1 atom stereocenters. The van der Waals surface area contributed by atoms with E-state index in [4.69, 9.17) is 4.74 Å². The maximum atomic E-state index is 13.6. The highest BCUT2D eigenvalue weighted by molar-refractivity contribution is 5.79. The lowest BCUT2D eigenvalue weighted by molar-refractivity contribution is -0.132. The topological polar surface area (TPSA) is 67.7 Å². The van der Waals surface area contributed by atoms with Gasteiger partial charge in [0.25, 0.3) is 5.56 Å². The van der Waals surface area contributed by atoms with E-state index in [1.807, 2.05) is 25.8 Å². The average Bonchev–Trinajstić information content (AvgIpc) is 2.73. The Bertz CT molecular complexity index is 960. The monoisotopic (exact) mass is 416 g/mol. The summed E-state index contributed by atoms with van der Waals surface area (Å²) >= 11 is 0. The molecule has 0 bridgehead atoms. The van der Waals surface area contributed by atoms with Crippen LogP contribution in [0.4, 0.5) is 10.1 Å². The van der Waals surface area contributed by atoms with Crippen LogP contribution in [-0.2, 0) is 11.2 Å². The number of halogens is 1. The van der Waals surface area contributed by atoms with Crippen LogP contribution in [0.15, 0.2) is 35.3 Å². The first-order valence-corrected chi connectivity index (χ1v) is 10.2. The van der Waals surface area contributed by atoms with Crippen molar-refractivity contribution in [2.75, 3.05) is 32.1 Å². The van der Waals surface area contributed by atoms with Gasteiger partial charge in [0.05, 0.1) is 31.5 Å². The van der Waals surface area contributed by atoms with Gasteiger partial charge in [0.15, 0.2) is 0 Å². The lowest BCUT2D eigenvalue weighted by Gasteiger charge is -2.33. The third-order valence-corrected chi connectivity index (χ3v) is 5.67. The van der Waals surface area contributed by atoms with Gasteiger partial charge in [-0.25, -0.2) is 9.07 Å². The fraction of sp³-hybridized carbons (Fsp3) is 0.500. The lowest BCUT2D eigenvalue weighted by atomic mass is 10.0. The summed E-state index contributed by atoms with van der Waals surface area (Å²) in [5.41, 5.74) is 1.11. The number of aromatic nitrogens is 2. The highest BCUT2D eigenvalue weighted by Gasteiger charge is 2.27. The Balaban J connectivity index is 1.73. The zero-order valence-corrected chi connectivity index (χ0v) is 18.0. The minimum absolute atomic E-state index is 0.0497. The number of anilines is 1. The minimum Gasteiger partial charge on any atom is -0.496 e. The van der Waals surface area contributed by atoms with Crippen molar-refractivity contribution in [3.8, 4) is 5.75 Å². The van der Waals surface area contributed by atoms with Crippen molar-refractivity contribution in [3.63, 3.8) is 0 Å². The van der Waals surface area contributed by atoms with Crippen LogP contribution in [0.1, 0.15) is 38.3 Å². The molecule has 0 N–H and O–H groups in total. The maximum absolute atomic E-state index is 13.6. The molecule has 1 aliphatic rings. The van der Waals surface area contributed by atoms with Gasteiger partial charge in [-0.3, -0.25) is 9.59 Å². The number of benzene rings is 1. The Kier molecular flexibility index (Phi) is 6.74. The molecule has 1 fully saturated rings. The van der Waals surface area contributed by atoms with Crippen LogP contribution < -0.4 is 15.2 Å². The Labute approximate surface area is 176 Å². The summed E-state index contributed by atoms with van der Waals surface area (Å²) in [7, 11) is 3.42. The molecule has 0 spiro atoms. The maximum Gasteiger partial charge on any atom is 0.269 e. The molecule has 1 aromatic carbocycles. The molecule has 0 radical (unpaired) electrons. The van der Waals surface area contributed by atoms with Crippen molar-refractivity contribution in [1.82, 2.24) is 14.7 Å². The van der Waals surface area contributed by atoms with Gasteiger partial charge in [0.2, 0.25) is 5.91 Å². The number of nitrogens with zero attached hydrogens (tertiary/aromatic N) is 4. The van der Waals surface area contributed by atoms with Crippen molar-refractivity contribution in [1.29, 1.82) is 0 Å². The summed E-state index contributed by atoms with van der Waals surface area (Å²) < 4.78 is 20.3. The minimum atomic E-state index is -0.405. The molecule has 0 unspecified atom stereocenters. The van der Waals surface area contributed by atoms with Gasteiger partial charge in [-0.1, -0.05) is 0 Å². The second-order valence-electron chi connectivity index (χ2n) is 7.97. The van der Waals surface area contributed by atoms with Gasteiger partial charge in [-0.15, -0.1) is 0 Å². The Morgan fingerprint density at radius 1 is 1.37 bits per heavy atom. The van der Waals surface area contributed by atoms with E-state index in [0.29, 0.717) is 24.4 Å². The quantitative estimate of drug-likeness (QED) is 0.724. The SMILES string of the molecule is COc1ccc(F)cc1CC(=O)N1CCC[C@@H](n2ncc(N(C)C(C)C)cc2=O)C1. The zero-order chi connectivity index (χ0) is 21.8. The van der Waals surface area contributed by atoms with Crippen molar-refractivity contribution < 1.29 is 13.9 Å². The molecule has 7 nitrogen and oxygen atoms in total. The smallest absolute Gasteiger partial charge is 0.269 e. The molecule has 2 heterocycles. The number of carbonyl (C=O) groups excluding carboxylic acids is 1. The second kappa shape index (κ2) is 9.28. The molecule has 162 valence electrons. The number of methoxy groups -OCH3 is 1. The summed E-state index contributed by atoms with van der Waals surface area (Å²) in [5, 5.41) is 4.38. The van der Waals surface area contributed by atoms with Crippen LogP contribution in [-0.4, -0.2) is 53.9 Å². The van der Waals surface area contributed by atoms with Crippen LogP contribution in [0, 0.1) is 5.82 Å². The average molecular weight is 416 g/mol. The van der Waals surface area contributed by atoms with E-state index >= 15 is 0 Å². The molecular weight excluding hydrogens is 387 g/mol. The number of amides is 1. The molecular formula is C22H29FN4O3. The summed E-state index contributed by atoms with van der Waals surface area (Å²) in [4.78, 5) is 29.2. The van der Waals surface area contributed by atoms with Crippen molar-refractivity contribution in [2.24, 2.45) is 0 Å². The number of hydrogen-bond donors (Lipinski definition) is 0. The van der Waals surface area contributed by atoms with Gasteiger partial charge in [0, 0.05) is 37.8 Å². The van der Waals surface area contributed by atoms with Crippen LogP contribution >= 0.6 is 0 Å². The molecule has 0 aliphatic carbocycles. The standard InChI is InChI=1S/C22H29FN4O3/c1-15(2)25(3)19-12-22(29)27(24-13-19)18-6-5-9-26(14-18)21(28)11-16-10-17(23)7-8-20(16)30-4/h7-8,10,12-13,15,18H,5-6,9,11,14H2,1-4H3/t18-/m1/s1. The highest BCUT2D eigenvalue weighted by Crippen LogP contribution is 2.24. The van der Waals surface area contributed by atoms with Crippen molar-refractivity contribution in [3.05, 3.63) is 52.2 Å². The van der Waals surface area contributed by atoms with Gasteiger partial charge in [-0.2, -0.15) is 5.10 Å². The molecule has 1 aromatic heterocycles. The summed E-state index contributed by atoms with van der Waals surface area (Å²) in [6.07, 6.45) is 3.30. The first-order valence-electron chi connectivity index (χ1n) is 10.2. The van der Waals surface area contributed by atoms with Crippen LogP contribution in [0.3, 0.4) is 0 Å². The predicted octanol–water partition coefficient (Wildman–Crippen LogP) is 2.64. The number of likely N-dealkylation sites (tertiary alicyclic amines) is 1. The van der Waals surface area contributed by atoms with E-state index in [1.54, 1.807) is 17.2 Å². The van der Waals surface area contributed by atoms with E-state index < -0.39 is 5.82 Å². The number of carbonyl (C=O) groups is 1. The lowest BCUT2D eigenvalue weighted by Crippen LogP contribution is -2.44. The van der Waals surface area contributed by atoms with Crippen LogP contribution in [0.5, 0.6) is 5.75 Å². The van der Waals surface area contributed by atoms with E-state index in [1.165, 1.54) is 30.0 Å². The number of ether oxygens (including phenoxy) is 1. The summed E-state index contributed by atoms with van der Waals surface area (Å²) in [6.45, 7) is 5.10. The molecule has 30 heavy (non-hydrogen) atoms.